The summed E-state index contributed by atoms with van der Waals surface area (Å²) < 4.78 is 0. The van der Waals surface area contributed by atoms with Crippen molar-refractivity contribution in [3.63, 3.8) is 0 Å². The second-order valence-corrected chi connectivity index (χ2v) is 8.88. The van der Waals surface area contributed by atoms with Crippen LogP contribution < -0.4 is 0 Å². The zero-order valence-electron chi connectivity index (χ0n) is 19.4. The molecule has 0 aliphatic heterocycles. The largest absolute Gasteiger partial charge is 0.256 e. The van der Waals surface area contributed by atoms with Crippen LogP contribution in [0.3, 0.4) is 0 Å². The molecule has 31 heavy (non-hydrogen) atoms. The van der Waals surface area contributed by atoms with Gasteiger partial charge in [0, 0.05) is 22.6 Å². The number of benzene rings is 2. The van der Waals surface area contributed by atoms with Gasteiger partial charge in [-0.25, -0.2) is 0 Å². The Morgan fingerprint density at radius 3 is 2.35 bits per heavy atom. The van der Waals surface area contributed by atoms with Crippen LogP contribution in [0.5, 0.6) is 0 Å². The molecule has 1 aromatic heterocycles. The highest BCUT2D eigenvalue weighted by Gasteiger charge is 2.42. The minimum atomic E-state index is 0.139. The number of unbranched alkanes of at least 4 members (excludes halogenated alkanes) is 2. The highest BCUT2D eigenvalue weighted by molar-refractivity contribution is 5.95. The van der Waals surface area contributed by atoms with Gasteiger partial charge in [-0.1, -0.05) is 101 Å². The summed E-state index contributed by atoms with van der Waals surface area (Å²) in [6.45, 7) is 11.2. The Bertz CT molecular complexity index is 1100. The van der Waals surface area contributed by atoms with Gasteiger partial charge in [0.1, 0.15) is 0 Å². The lowest BCUT2D eigenvalue weighted by Crippen LogP contribution is -2.27. The Hall–Kier alpha value is -2.67. The zero-order valence-corrected chi connectivity index (χ0v) is 19.4. The molecule has 2 aromatic carbocycles. The van der Waals surface area contributed by atoms with Gasteiger partial charge in [-0.2, -0.15) is 0 Å². The molecule has 1 heterocycles. The van der Waals surface area contributed by atoms with E-state index in [2.05, 4.69) is 82.0 Å². The van der Waals surface area contributed by atoms with Gasteiger partial charge < -0.3 is 0 Å². The molecule has 0 N–H and O–H groups in total. The van der Waals surface area contributed by atoms with Crippen molar-refractivity contribution in [3.8, 4) is 11.3 Å². The molecule has 0 saturated carbocycles. The number of allylic oxidation sites excluding steroid dienone is 3. The van der Waals surface area contributed by atoms with Crippen LogP contribution in [0.2, 0.25) is 0 Å². The Morgan fingerprint density at radius 2 is 1.68 bits per heavy atom. The smallest absolute Gasteiger partial charge is 0.0780 e. The van der Waals surface area contributed by atoms with Gasteiger partial charge in [0.15, 0.2) is 0 Å². The average Bonchev–Trinajstić information content (AvgIpc) is 3.09. The van der Waals surface area contributed by atoms with Crippen molar-refractivity contribution in [2.45, 2.75) is 71.1 Å². The summed E-state index contributed by atoms with van der Waals surface area (Å²) in [7, 11) is 0. The van der Waals surface area contributed by atoms with Gasteiger partial charge in [-0.3, -0.25) is 4.98 Å². The molecule has 1 heteroatoms. The van der Waals surface area contributed by atoms with E-state index in [1.54, 1.807) is 5.57 Å². The number of fused-ring (bicyclic) bond motifs is 2. The number of hydrogen-bond acceptors (Lipinski definition) is 1. The molecule has 0 spiro atoms. The molecular weight excluding hydrogens is 374 g/mol. The van der Waals surface area contributed by atoms with Crippen LogP contribution in [0.1, 0.15) is 76.8 Å². The summed E-state index contributed by atoms with van der Waals surface area (Å²) in [5, 5.41) is 2.47. The van der Waals surface area contributed by atoms with E-state index in [0.717, 1.165) is 12.1 Å². The predicted octanol–water partition coefficient (Wildman–Crippen LogP) is 8.88. The average molecular weight is 410 g/mol. The molecule has 0 fully saturated rings. The van der Waals surface area contributed by atoms with Crippen molar-refractivity contribution in [2.24, 2.45) is 0 Å². The summed E-state index contributed by atoms with van der Waals surface area (Å²) in [5.41, 5.74) is 8.33. The van der Waals surface area contributed by atoms with Crippen LogP contribution in [-0.2, 0) is 5.41 Å². The third kappa shape index (κ3) is 3.65. The molecule has 1 nitrogen and oxygen atoms in total. The monoisotopic (exact) mass is 409 g/mol. The third-order valence-electron chi connectivity index (χ3n) is 7.15. The molecule has 160 valence electrons. The second kappa shape index (κ2) is 9.22. The highest BCUT2D eigenvalue weighted by atomic mass is 14.7. The minimum Gasteiger partial charge on any atom is -0.256 e. The summed E-state index contributed by atoms with van der Waals surface area (Å²) in [4.78, 5) is 4.82. The molecule has 0 bridgehead atoms. The van der Waals surface area contributed by atoms with E-state index in [1.165, 1.54) is 71.6 Å². The molecule has 0 atom stereocenters. The molecule has 0 saturated heterocycles. The Morgan fingerprint density at radius 1 is 0.935 bits per heavy atom. The molecule has 1 aliphatic rings. The number of aromatic nitrogens is 1. The number of nitrogens with zero attached hydrogens (tertiary/aromatic N) is 1. The third-order valence-corrected chi connectivity index (χ3v) is 7.15. The van der Waals surface area contributed by atoms with Gasteiger partial charge in [0.05, 0.1) is 5.69 Å². The Balaban J connectivity index is 1.93. The van der Waals surface area contributed by atoms with Gasteiger partial charge in [0.2, 0.25) is 0 Å². The van der Waals surface area contributed by atoms with Crippen LogP contribution in [0.15, 0.2) is 73.0 Å². The Kier molecular flexibility index (Phi) is 6.41. The van der Waals surface area contributed by atoms with Crippen molar-refractivity contribution in [3.05, 3.63) is 84.1 Å². The molecule has 0 amide bonds. The SMILES string of the molecule is C=CC1=C(CC)C(CCCC)(CCCC)c2cc(-c3nccc4ccccc34)ccc21. The van der Waals surface area contributed by atoms with Crippen LogP contribution in [0.25, 0.3) is 27.6 Å². The number of pyridine rings is 1. The van der Waals surface area contributed by atoms with Crippen molar-refractivity contribution < 1.29 is 0 Å². The summed E-state index contributed by atoms with van der Waals surface area (Å²) in [6.07, 6.45) is 12.6. The van der Waals surface area contributed by atoms with Crippen LogP contribution in [0, 0.1) is 0 Å². The molecule has 3 aromatic rings. The summed E-state index contributed by atoms with van der Waals surface area (Å²) >= 11 is 0. The fraction of sp³-hybridized carbons (Fsp3) is 0.367. The van der Waals surface area contributed by atoms with E-state index in [1.807, 2.05) is 6.20 Å². The summed E-state index contributed by atoms with van der Waals surface area (Å²) in [5.74, 6) is 0. The molecular formula is C30H35N. The van der Waals surface area contributed by atoms with Crippen molar-refractivity contribution in [1.82, 2.24) is 4.98 Å². The maximum absolute atomic E-state index is 4.82. The first-order chi connectivity index (χ1) is 15.2. The lowest BCUT2D eigenvalue weighted by atomic mass is 9.69. The van der Waals surface area contributed by atoms with Crippen molar-refractivity contribution in [2.75, 3.05) is 0 Å². The van der Waals surface area contributed by atoms with Crippen molar-refractivity contribution >= 4 is 16.3 Å². The first-order valence-corrected chi connectivity index (χ1v) is 12.0. The second-order valence-electron chi connectivity index (χ2n) is 8.88. The van der Waals surface area contributed by atoms with E-state index in [0.29, 0.717) is 0 Å². The highest BCUT2D eigenvalue weighted by Crippen LogP contribution is 2.54. The quantitative estimate of drug-likeness (QED) is 0.344. The lowest BCUT2D eigenvalue weighted by Gasteiger charge is -2.35. The lowest BCUT2D eigenvalue weighted by molar-refractivity contribution is 0.397. The van der Waals surface area contributed by atoms with E-state index < -0.39 is 0 Å². The maximum atomic E-state index is 4.82. The van der Waals surface area contributed by atoms with Gasteiger partial charge in [-0.15, -0.1) is 0 Å². The topological polar surface area (TPSA) is 12.9 Å². The first-order valence-electron chi connectivity index (χ1n) is 12.0. The van der Waals surface area contributed by atoms with Crippen molar-refractivity contribution in [1.29, 1.82) is 0 Å². The van der Waals surface area contributed by atoms with Crippen LogP contribution in [0.4, 0.5) is 0 Å². The normalized spacial score (nSPS) is 14.8. The molecule has 0 unspecified atom stereocenters. The fourth-order valence-corrected chi connectivity index (χ4v) is 5.67. The Labute approximate surface area is 187 Å². The molecule has 4 rings (SSSR count). The zero-order chi connectivity index (χ0) is 21.8. The maximum Gasteiger partial charge on any atom is 0.0780 e. The van der Waals surface area contributed by atoms with E-state index in [4.69, 9.17) is 4.98 Å². The van der Waals surface area contributed by atoms with Gasteiger partial charge in [-0.05, 0) is 53.5 Å². The number of hydrogen-bond donors (Lipinski definition) is 0. The van der Waals surface area contributed by atoms with E-state index in [-0.39, 0.29) is 5.41 Å². The van der Waals surface area contributed by atoms with Gasteiger partial charge in [0.25, 0.3) is 0 Å². The molecule has 1 aliphatic carbocycles. The van der Waals surface area contributed by atoms with Crippen LogP contribution >= 0.6 is 0 Å². The predicted molar refractivity (Wildman–Crippen MR) is 135 cm³/mol. The standard InChI is InChI=1S/C30H35N/c1-5-9-18-30(19-10-6-2)27(8-4)24(7-3)26-16-15-23(21-28(26)30)29-25-14-12-11-13-22(25)17-20-31-29/h7,11-17,20-21H,3,5-6,8-10,18-19H2,1-2,4H3. The fourth-order valence-electron chi connectivity index (χ4n) is 5.67. The van der Waals surface area contributed by atoms with Gasteiger partial charge >= 0.3 is 0 Å². The molecule has 0 radical (unpaired) electrons. The van der Waals surface area contributed by atoms with E-state index >= 15 is 0 Å². The van der Waals surface area contributed by atoms with Crippen LogP contribution in [-0.4, -0.2) is 4.98 Å². The number of rotatable bonds is 9. The van der Waals surface area contributed by atoms with E-state index in [9.17, 15) is 0 Å². The first kappa shape index (κ1) is 21.6. The minimum absolute atomic E-state index is 0.139. The summed E-state index contributed by atoms with van der Waals surface area (Å²) in [6, 6.07) is 17.7.